The van der Waals surface area contributed by atoms with E-state index >= 15 is 0 Å². The lowest BCUT2D eigenvalue weighted by atomic mass is 10.2. The number of nitrogens with one attached hydrogen (secondary N) is 1. The van der Waals surface area contributed by atoms with Crippen molar-refractivity contribution >= 4 is 71.5 Å². The zero-order chi connectivity index (χ0) is 14.9. The number of hydrogen-bond donors (Lipinski definition) is 2. The van der Waals surface area contributed by atoms with Crippen molar-refractivity contribution < 1.29 is 18.3 Å². The van der Waals surface area contributed by atoms with E-state index in [0.29, 0.717) is 8.04 Å². The minimum Gasteiger partial charge on any atom is -0.478 e. The van der Waals surface area contributed by atoms with Gasteiger partial charge in [-0.25, -0.2) is 13.2 Å². The molecule has 0 radical (unpaired) electrons. The SMILES string of the molecule is O=C(O)c1cc(I)ccc1NS(=O)(=O)c1sccc1Br. The molecule has 1 heterocycles. The number of aromatic carboxylic acids is 1. The number of carboxylic acid groups (broad SMARTS) is 1. The smallest absolute Gasteiger partial charge is 0.337 e. The predicted octanol–water partition coefficient (Wildman–Crippen LogP) is 3.61. The van der Waals surface area contributed by atoms with Crippen molar-refractivity contribution in [1.82, 2.24) is 0 Å². The van der Waals surface area contributed by atoms with E-state index in [1.165, 1.54) is 12.1 Å². The van der Waals surface area contributed by atoms with Gasteiger partial charge in [-0.05, 0) is 68.2 Å². The van der Waals surface area contributed by atoms with Gasteiger partial charge >= 0.3 is 5.97 Å². The molecule has 0 amide bonds. The Hall–Kier alpha value is -0.650. The van der Waals surface area contributed by atoms with Crippen LogP contribution in [0.1, 0.15) is 10.4 Å². The molecule has 0 aliphatic carbocycles. The summed E-state index contributed by atoms with van der Waals surface area (Å²) in [5.41, 5.74) is -0.0497. The van der Waals surface area contributed by atoms with Gasteiger partial charge in [0.15, 0.2) is 4.21 Å². The molecule has 1 aromatic heterocycles. The molecule has 0 atom stereocenters. The van der Waals surface area contributed by atoms with Crippen LogP contribution >= 0.6 is 49.9 Å². The number of benzene rings is 1. The van der Waals surface area contributed by atoms with E-state index in [1.807, 2.05) is 22.6 Å². The maximum atomic E-state index is 12.2. The second-order valence-corrected chi connectivity index (χ2v) is 8.55. The van der Waals surface area contributed by atoms with E-state index in [-0.39, 0.29) is 15.5 Å². The lowest BCUT2D eigenvalue weighted by Gasteiger charge is -2.10. The van der Waals surface area contributed by atoms with Gasteiger partial charge in [-0.15, -0.1) is 11.3 Å². The van der Waals surface area contributed by atoms with Gasteiger partial charge in [0, 0.05) is 8.04 Å². The van der Waals surface area contributed by atoms with Crippen LogP contribution in [0, 0.1) is 3.57 Å². The lowest BCUT2D eigenvalue weighted by Crippen LogP contribution is -2.15. The van der Waals surface area contributed by atoms with Gasteiger partial charge in [-0.3, -0.25) is 4.72 Å². The highest BCUT2D eigenvalue weighted by Gasteiger charge is 2.22. The van der Waals surface area contributed by atoms with Gasteiger partial charge in [0.05, 0.1) is 11.3 Å². The highest BCUT2D eigenvalue weighted by Crippen LogP contribution is 2.30. The van der Waals surface area contributed by atoms with Crippen molar-refractivity contribution in [2.45, 2.75) is 4.21 Å². The number of sulfonamides is 1. The fourth-order valence-electron chi connectivity index (χ4n) is 1.45. The minimum atomic E-state index is -3.81. The first kappa shape index (κ1) is 15.7. The summed E-state index contributed by atoms with van der Waals surface area (Å²) in [6.07, 6.45) is 0. The third kappa shape index (κ3) is 3.32. The molecule has 0 spiro atoms. The Balaban J connectivity index is 2.45. The summed E-state index contributed by atoms with van der Waals surface area (Å²) >= 11 is 6.16. The van der Waals surface area contributed by atoms with E-state index in [9.17, 15) is 13.2 Å². The van der Waals surface area contributed by atoms with Gasteiger partial charge in [0.2, 0.25) is 0 Å². The molecular formula is C11H7BrINO4S2. The van der Waals surface area contributed by atoms with Crippen LogP contribution in [-0.4, -0.2) is 19.5 Å². The summed E-state index contributed by atoms with van der Waals surface area (Å²) < 4.78 is 28.0. The zero-order valence-electron chi connectivity index (χ0n) is 9.63. The van der Waals surface area contributed by atoms with Gasteiger partial charge in [0.25, 0.3) is 10.0 Å². The Labute approximate surface area is 141 Å². The highest BCUT2D eigenvalue weighted by molar-refractivity contribution is 14.1. The van der Waals surface area contributed by atoms with E-state index in [1.54, 1.807) is 17.5 Å². The average molecular weight is 488 g/mol. The van der Waals surface area contributed by atoms with Crippen LogP contribution in [0.3, 0.4) is 0 Å². The summed E-state index contributed by atoms with van der Waals surface area (Å²) in [6, 6.07) is 6.09. The van der Waals surface area contributed by atoms with Crippen LogP contribution in [0.5, 0.6) is 0 Å². The predicted molar refractivity (Wildman–Crippen MR) is 88.9 cm³/mol. The monoisotopic (exact) mass is 487 g/mol. The molecule has 20 heavy (non-hydrogen) atoms. The maximum Gasteiger partial charge on any atom is 0.337 e. The van der Waals surface area contributed by atoms with E-state index in [0.717, 1.165) is 11.3 Å². The molecular weight excluding hydrogens is 481 g/mol. The van der Waals surface area contributed by atoms with Gasteiger partial charge in [-0.2, -0.15) is 0 Å². The Morgan fingerprint density at radius 3 is 2.60 bits per heavy atom. The molecule has 0 saturated heterocycles. The van der Waals surface area contributed by atoms with Crippen molar-refractivity contribution in [2.75, 3.05) is 4.72 Å². The Kier molecular flexibility index (Phi) is 4.72. The summed E-state index contributed by atoms with van der Waals surface area (Å²) in [4.78, 5) is 11.2. The highest BCUT2D eigenvalue weighted by atomic mass is 127. The molecule has 0 bridgehead atoms. The number of halogens is 2. The number of hydrogen-bond acceptors (Lipinski definition) is 4. The van der Waals surface area contributed by atoms with Crippen LogP contribution in [0.15, 0.2) is 38.3 Å². The molecule has 1 aromatic carbocycles. The van der Waals surface area contributed by atoms with E-state index in [2.05, 4.69) is 20.7 Å². The van der Waals surface area contributed by atoms with Crippen molar-refractivity contribution in [3.05, 3.63) is 43.3 Å². The number of rotatable bonds is 4. The van der Waals surface area contributed by atoms with Gasteiger partial charge in [0.1, 0.15) is 0 Å². The quantitative estimate of drug-likeness (QED) is 0.645. The fraction of sp³-hybridized carbons (Fsp3) is 0. The maximum absolute atomic E-state index is 12.2. The number of carboxylic acids is 1. The molecule has 0 aliphatic rings. The molecule has 2 N–H and O–H groups in total. The molecule has 0 aliphatic heterocycles. The normalized spacial score (nSPS) is 11.3. The van der Waals surface area contributed by atoms with Gasteiger partial charge in [-0.1, -0.05) is 0 Å². The molecule has 0 fully saturated rings. The molecule has 0 unspecified atom stereocenters. The molecule has 2 aromatic rings. The molecule has 5 nitrogen and oxygen atoms in total. The molecule has 0 saturated carbocycles. The largest absolute Gasteiger partial charge is 0.478 e. The van der Waals surface area contributed by atoms with Crippen LogP contribution < -0.4 is 4.72 Å². The Morgan fingerprint density at radius 1 is 1.35 bits per heavy atom. The van der Waals surface area contributed by atoms with Crippen LogP contribution in [0.2, 0.25) is 0 Å². The van der Waals surface area contributed by atoms with E-state index in [4.69, 9.17) is 5.11 Å². The Bertz CT molecular complexity index is 772. The topological polar surface area (TPSA) is 83.5 Å². The fourth-order valence-corrected chi connectivity index (χ4v) is 5.35. The summed E-state index contributed by atoms with van der Waals surface area (Å²) in [5, 5.41) is 10.8. The first-order chi connectivity index (χ1) is 9.31. The summed E-state index contributed by atoms with van der Waals surface area (Å²) in [7, 11) is -3.81. The van der Waals surface area contributed by atoms with Crippen molar-refractivity contribution in [3.63, 3.8) is 0 Å². The number of thiophene rings is 1. The first-order valence-electron chi connectivity index (χ1n) is 5.10. The second kappa shape index (κ2) is 6.00. The lowest BCUT2D eigenvalue weighted by molar-refractivity contribution is 0.0698. The average Bonchev–Trinajstić information content (AvgIpc) is 2.78. The minimum absolute atomic E-state index is 0.0400. The zero-order valence-corrected chi connectivity index (χ0v) is 15.0. The number of anilines is 1. The van der Waals surface area contributed by atoms with Crippen LogP contribution in [0.4, 0.5) is 5.69 Å². The van der Waals surface area contributed by atoms with Crippen molar-refractivity contribution in [1.29, 1.82) is 0 Å². The summed E-state index contributed by atoms with van der Waals surface area (Å²) in [5.74, 6) is -1.19. The molecule has 106 valence electrons. The Morgan fingerprint density at radius 2 is 2.05 bits per heavy atom. The number of carbonyl (C=O) groups is 1. The van der Waals surface area contributed by atoms with Gasteiger partial charge < -0.3 is 5.11 Å². The third-order valence-corrected chi connectivity index (χ3v) is 6.99. The van der Waals surface area contributed by atoms with E-state index < -0.39 is 16.0 Å². The van der Waals surface area contributed by atoms with Crippen molar-refractivity contribution in [3.8, 4) is 0 Å². The standard InChI is InChI=1S/C11H7BrINO4S2/c12-8-3-4-19-11(8)20(17,18)14-9-2-1-6(13)5-7(9)10(15)16/h1-5,14H,(H,15,16). The third-order valence-electron chi connectivity index (χ3n) is 2.28. The second-order valence-electron chi connectivity index (χ2n) is 3.66. The van der Waals surface area contributed by atoms with Crippen LogP contribution in [0.25, 0.3) is 0 Å². The first-order valence-corrected chi connectivity index (χ1v) is 9.33. The molecule has 9 heteroatoms. The molecule has 2 rings (SSSR count). The van der Waals surface area contributed by atoms with Crippen LogP contribution in [-0.2, 0) is 10.0 Å². The summed E-state index contributed by atoms with van der Waals surface area (Å²) in [6.45, 7) is 0. The van der Waals surface area contributed by atoms with Crippen molar-refractivity contribution in [2.24, 2.45) is 0 Å².